The molecule has 7 aromatic rings. The van der Waals surface area contributed by atoms with Gasteiger partial charge in [-0.2, -0.15) is 0 Å². The van der Waals surface area contributed by atoms with Gasteiger partial charge in [0.1, 0.15) is 0 Å². The molecule has 7 aromatic carbocycles. The van der Waals surface area contributed by atoms with Crippen LogP contribution >= 0.6 is 0 Å². The number of rotatable bonds is 10. The summed E-state index contributed by atoms with van der Waals surface area (Å²) in [5.74, 6) is 0. The van der Waals surface area contributed by atoms with Crippen molar-refractivity contribution in [3.63, 3.8) is 0 Å². The van der Waals surface area contributed by atoms with E-state index in [1.165, 1.54) is 78.4 Å². The van der Waals surface area contributed by atoms with Crippen LogP contribution in [-0.4, -0.2) is 0 Å². The van der Waals surface area contributed by atoms with E-state index in [2.05, 4.69) is 235 Å². The van der Waals surface area contributed by atoms with Crippen molar-refractivity contribution in [1.82, 2.24) is 0 Å². The summed E-state index contributed by atoms with van der Waals surface area (Å²) in [6.45, 7) is 17.4. The average molecular weight is 729 g/mol. The molecule has 0 aliphatic heterocycles. The van der Waals surface area contributed by atoms with Gasteiger partial charge in [0.05, 0.1) is 0 Å². The van der Waals surface area contributed by atoms with Crippen LogP contribution in [0.1, 0.15) is 66.8 Å². The Kier molecular flexibility index (Phi) is 11.2. The highest BCUT2D eigenvalue weighted by atomic mass is 15.2. The Balaban J connectivity index is 1.05. The summed E-state index contributed by atoms with van der Waals surface area (Å²) in [5, 5.41) is 0. The van der Waals surface area contributed by atoms with Crippen molar-refractivity contribution in [2.24, 2.45) is 0 Å². The lowest BCUT2D eigenvalue weighted by molar-refractivity contribution is 1.21. The summed E-state index contributed by atoms with van der Waals surface area (Å²) in [6, 6.07) is 53.2. The molecule has 2 heteroatoms. The number of hydrogen-bond acceptors (Lipinski definition) is 2. The molecule has 0 bridgehead atoms. The zero-order valence-electron chi connectivity index (χ0n) is 34.1. The van der Waals surface area contributed by atoms with Gasteiger partial charge in [0.2, 0.25) is 0 Å². The van der Waals surface area contributed by atoms with Crippen LogP contribution in [0.4, 0.5) is 34.1 Å². The minimum absolute atomic E-state index is 1.15. The molecule has 278 valence electrons. The van der Waals surface area contributed by atoms with Gasteiger partial charge in [0.15, 0.2) is 0 Å². The van der Waals surface area contributed by atoms with Crippen LogP contribution < -0.4 is 9.80 Å². The van der Waals surface area contributed by atoms with Crippen LogP contribution in [0.25, 0.3) is 24.3 Å². The Labute approximate surface area is 334 Å². The van der Waals surface area contributed by atoms with Crippen molar-refractivity contribution >= 4 is 58.4 Å². The summed E-state index contributed by atoms with van der Waals surface area (Å²) >= 11 is 0. The Morgan fingerprint density at radius 2 is 0.482 bits per heavy atom. The quantitative estimate of drug-likeness (QED) is 0.129. The van der Waals surface area contributed by atoms with E-state index in [1.807, 2.05) is 0 Å². The minimum Gasteiger partial charge on any atom is -0.310 e. The fourth-order valence-corrected chi connectivity index (χ4v) is 7.61. The normalized spacial score (nSPS) is 11.4. The summed E-state index contributed by atoms with van der Waals surface area (Å²) in [4.78, 5) is 4.76. The first-order valence-electron chi connectivity index (χ1n) is 19.6. The van der Waals surface area contributed by atoms with Crippen molar-refractivity contribution in [2.75, 3.05) is 9.80 Å². The fraction of sp³-hybridized carbons (Fsp3) is 0.148. The van der Waals surface area contributed by atoms with Gasteiger partial charge in [-0.15, -0.1) is 0 Å². The topological polar surface area (TPSA) is 6.48 Å². The second-order valence-corrected chi connectivity index (χ2v) is 15.3. The highest BCUT2D eigenvalue weighted by molar-refractivity contribution is 5.83. The van der Waals surface area contributed by atoms with Gasteiger partial charge >= 0.3 is 0 Å². The third kappa shape index (κ3) is 8.61. The molecule has 0 amide bonds. The molecule has 2 nitrogen and oxygen atoms in total. The number of nitrogens with zero attached hydrogens (tertiary/aromatic N) is 2. The minimum atomic E-state index is 1.15. The predicted octanol–water partition coefficient (Wildman–Crippen LogP) is 15.4. The van der Waals surface area contributed by atoms with Gasteiger partial charge in [-0.3, -0.25) is 0 Å². The Morgan fingerprint density at radius 1 is 0.268 bits per heavy atom. The first-order valence-corrected chi connectivity index (χ1v) is 19.6. The molecule has 0 radical (unpaired) electrons. The zero-order chi connectivity index (χ0) is 39.3. The van der Waals surface area contributed by atoms with Gasteiger partial charge in [-0.25, -0.2) is 0 Å². The lowest BCUT2D eigenvalue weighted by atomic mass is 10.0. The van der Waals surface area contributed by atoms with E-state index >= 15 is 0 Å². The van der Waals surface area contributed by atoms with Crippen LogP contribution in [0, 0.1) is 55.4 Å². The molecule has 0 spiro atoms. The van der Waals surface area contributed by atoms with Crippen LogP contribution in [0.2, 0.25) is 0 Å². The first kappa shape index (κ1) is 37.9. The summed E-state index contributed by atoms with van der Waals surface area (Å²) in [5.41, 5.74) is 21.9. The molecule has 0 heterocycles. The molecule has 0 atom stereocenters. The standard InChI is InChI=1S/C54H52N2/c1-37-9-29-51(41(5)33-37)55(52-30-10-38(2)34-42(52)6)49-25-21-47(22-26-49)19-17-45-13-15-46(16-14-45)18-20-48-23-27-50(28-24-48)56(53-31-11-39(3)35-43(53)7)54-32-12-40(4)36-44(54)8/h9-36H,1-8H3/b19-17+,20-18+. The summed E-state index contributed by atoms with van der Waals surface area (Å²) < 4.78 is 0. The maximum atomic E-state index is 2.38. The number of hydrogen-bond donors (Lipinski definition) is 0. The number of aryl methyl sites for hydroxylation is 8. The predicted molar refractivity (Wildman–Crippen MR) is 244 cm³/mol. The average Bonchev–Trinajstić information content (AvgIpc) is 3.18. The molecule has 0 fully saturated rings. The zero-order valence-corrected chi connectivity index (χ0v) is 34.1. The lowest BCUT2D eigenvalue weighted by Gasteiger charge is -2.29. The maximum absolute atomic E-state index is 2.38. The molecule has 56 heavy (non-hydrogen) atoms. The van der Waals surface area contributed by atoms with Gasteiger partial charge in [0, 0.05) is 34.1 Å². The van der Waals surface area contributed by atoms with Crippen molar-refractivity contribution < 1.29 is 0 Å². The summed E-state index contributed by atoms with van der Waals surface area (Å²) in [6.07, 6.45) is 8.75. The smallest absolute Gasteiger partial charge is 0.0491 e. The highest BCUT2D eigenvalue weighted by Gasteiger charge is 2.18. The molecular formula is C54H52N2. The van der Waals surface area contributed by atoms with Gasteiger partial charge in [-0.05, 0) is 148 Å². The van der Waals surface area contributed by atoms with Crippen LogP contribution in [0.15, 0.2) is 146 Å². The first-order chi connectivity index (χ1) is 27.0. The monoisotopic (exact) mass is 728 g/mol. The van der Waals surface area contributed by atoms with Crippen molar-refractivity contribution in [1.29, 1.82) is 0 Å². The third-order valence-corrected chi connectivity index (χ3v) is 10.5. The molecule has 0 aliphatic carbocycles. The molecule has 0 unspecified atom stereocenters. The van der Waals surface area contributed by atoms with E-state index in [9.17, 15) is 0 Å². The van der Waals surface area contributed by atoms with E-state index < -0.39 is 0 Å². The van der Waals surface area contributed by atoms with Crippen molar-refractivity contribution in [2.45, 2.75) is 55.4 Å². The van der Waals surface area contributed by atoms with E-state index in [-0.39, 0.29) is 0 Å². The van der Waals surface area contributed by atoms with Crippen LogP contribution in [-0.2, 0) is 0 Å². The molecule has 7 rings (SSSR count). The van der Waals surface area contributed by atoms with E-state index in [0.717, 1.165) is 22.5 Å². The number of benzene rings is 7. The Bertz CT molecular complexity index is 2250. The molecular weight excluding hydrogens is 677 g/mol. The molecule has 0 saturated carbocycles. The Morgan fingerprint density at radius 3 is 0.696 bits per heavy atom. The largest absolute Gasteiger partial charge is 0.310 e. The van der Waals surface area contributed by atoms with Crippen LogP contribution in [0.5, 0.6) is 0 Å². The molecule has 0 N–H and O–H groups in total. The van der Waals surface area contributed by atoms with E-state index in [0.29, 0.717) is 0 Å². The van der Waals surface area contributed by atoms with Gasteiger partial charge in [-0.1, -0.05) is 144 Å². The maximum Gasteiger partial charge on any atom is 0.0491 e. The lowest BCUT2D eigenvalue weighted by Crippen LogP contribution is -2.12. The van der Waals surface area contributed by atoms with Crippen LogP contribution in [0.3, 0.4) is 0 Å². The molecule has 0 aromatic heterocycles. The van der Waals surface area contributed by atoms with Gasteiger partial charge in [0.25, 0.3) is 0 Å². The second-order valence-electron chi connectivity index (χ2n) is 15.3. The molecule has 0 aliphatic rings. The van der Waals surface area contributed by atoms with Gasteiger partial charge < -0.3 is 9.80 Å². The highest BCUT2D eigenvalue weighted by Crippen LogP contribution is 2.40. The summed E-state index contributed by atoms with van der Waals surface area (Å²) in [7, 11) is 0. The van der Waals surface area contributed by atoms with E-state index in [1.54, 1.807) is 0 Å². The molecule has 0 saturated heterocycles. The Hall–Kier alpha value is -6.38. The number of anilines is 6. The SMILES string of the molecule is Cc1ccc(N(c2ccc(/C=C/c3ccc(/C=C/c4ccc(N(c5ccc(C)cc5C)c5ccc(C)cc5C)cc4)cc3)cc2)c2ccc(C)cc2C)c(C)c1. The van der Waals surface area contributed by atoms with E-state index in [4.69, 9.17) is 0 Å². The van der Waals surface area contributed by atoms with Crippen molar-refractivity contribution in [3.05, 3.63) is 212 Å². The third-order valence-electron chi connectivity index (χ3n) is 10.5. The second kappa shape index (κ2) is 16.6. The van der Waals surface area contributed by atoms with Crippen molar-refractivity contribution in [3.8, 4) is 0 Å². The fourth-order valence-electron chi connectivity index (χ4n) is 7.61.